The quantitative estimate of drug-likeness (QED) is 0.147. The summed E-state index contributed by atoms with van der Waals surface area (Å²) in [4.78, 5) is 16.4. The highest BCUT2D eigenvalue weighted by atomic mass is 127. The molecule has 11 heteroatoms. The number of benzene rings is 3. The molecule has 1 heterocycles. The average Bonchev–Trinajstić information content (AvgIpc) is 2.91. The lowest BCUT2D eigenvalue weighted by Crippen LogP contribution is -3.40. The van der Waals surface area contributed by atoms with Crippen molar-refractivity contribution in [2.24, 2.45) is 0 Å². The van der Waals surface area contributed by atoms with Gasteiger partial charge in [0.1, 0.15) is 0 Å². The standard InChI is InChI=1S/C28H23F3IN3O4/c1-37-25-14-20-22(15-26(25)38-2)34-11-9-23(20)39-24-7-6-19(13-21(24)29)35-27(36)16-33-10-8-17-4-3-5-18(12-17)28(30,31)32/h3-7,12-15,33H,8,10,16H2,1-2H3,(H,35,36)/q-1. The van der Waals surface area contributed by atoms with E-state index in [0.717, 1.165) is 34.2 Å². The van der Waals surface area contributed by atoms with E-state index in [1.807, 2.05) is 0 Å². The van der Waals surface area contributed by atoms with Crippen LogP contribution in [0.3, 0.4) is 0 Å². The smallest absolute Gasteiger partial charge is 0.238 e. The summed E-state index contributed by atoms with van der Waals surface area (Å²) in [5.74, 6) is -0.0739. The number of methoxy groups -OCH3 is 2. The van der Waals surface area contributed by atoms with Crippen LogP contribution >= 0.6 is 0 Å². The van der Waals surface area contributed by atoms with Crippen molar-refractivity contribution in [2.75, 3.05) is 32.6 Å². The molecule has 0 atom stereocenters. The summed E-state index contributed by atoms with van der Waals surface area (Å²) in [6, 6.07) is 16.2. The van der Waals surface area contributed by atoms with Gasteiger partial charge >= 0.3 is 0 Å². The van der Waals surface area contributed by atoms with Gasteiger partial charge in [0, 0.05) is 24.0 Å². The Morgan fingerprint density at radius 1 is 1.05 bits per heavy atom. The lowest BCUT2D eigenvalue weighted by molar-refractivity contribution is -0.583. The number of rotatable bonds is 11. The van der Waals surface area contributed by atoms with Crippen molar-refractivity contribution in [3.05, 3.63) is 83.8 Å². The van der Waals surface area contributed by atoms with Crippen LogP contribution in [0.5, 0.6) is 23.0 Å². The molecule has 1 amide bonds. The predicted octanol–water partition coefficient (Wildman–Crippen LogP) is 2.16. The Balaban J connectivity index is 1.34. The van der Waals surface area contributed by atoms with Crippen LogP contribution in [0.1, 0.15) is 11.1 Å². The first-order chi connectivity index (χ1) is 18.7. The fourth-order valence-electron chi connectivity index (χ4n) is 3.74. The van der Waals surface area contributed by atoms with Crippen LogP contribution in [0.4, 0.5) is 18.9 Å². The largest absolute Gasteiger partial charge is 0.709 e. The predicted molar refractivity (Wildman–Crippen MR) is 135 cm³/mol. The molecule has 0 saturated carbocycles. The van der Waals surface area contributed by atoms with E-state index in [4.69, 9.17) is 14.2 Å². The van der Waals surface area contributed by atoms with Crippen LogP contribution in [-0.2, 0) is 15.1 Å². The molecule has 203 valence electrons. The van der Waals surface area contributed by atoms with Crippen molar-refractivity contribution in [1.29, 1.82) is 0 Å². The number of anilines is 1. The molecule has 1 aromatic heterocycles. The maximum Gasteiger partial charge on any atom is 0.238 e. The summed E-state index contributed by atoms with van der Waals surface area (Å²) < 4.78 is 55.2. The minimum absolute atomic E-state index is 0.0406. The first-order valence-electron chi connectivity index (χ1n) is 11.7. The van der Waals surface area contributed by atoms with E-state index in [-0.39, 0.29) is 35.2 Å². The minimum atomic E-state index is -2.94. The molecule has 0 aliphatic rings. The number of aromatic nitrogens is 1. The second-order valence-corrected chi connectivity index (χ2v) is 9.68. The lowest BCUT2D eigenvalue weighted by atomic mass is 10.1. The molecular formula is C28H23F3IN3O4-. The number of nitrogens with zero attached hydrogens (tertiary/aromatic N) is 1. The summed E-state index contributed by atoms with van der Waals surface area (Å²) in [7, 11) is 3.00. The number of ether oxygens (including phenoxy) is 3. The summed E-state index contributed by atoms with van der Waals surface area (Å²) in [5.41, 5.74) is 1.39. The number of nitrogens with one attached hydrogen (secondary N) is 2. The van der Waals surface area contributed by atoms with Gasteiger partial charge in [-0.3, -0.25) is 4.79 Å². The van der Waals surface area contributed by atoms with E-state index in [2.05, 4.69) is 27.9 Å². The Morgan fingerprint density at radius 3 is 2.54 bits per heavy atom. The van der Waals surface area contributed by atoms with Gasteiger partial charge < -0.3 is 47.4 Å². The molecule has 0 fully saturated rings. The monoisotopic (exact) mass is 649 g/mol. The number of hydrogen-bond donors (Lipinski definition) is 2. The molecule has 0 bridgehead atoms. The van der Waals surface area contributed by atoms with Gasteiger partial charge in [-0.2, -0.15) is 4.98 Å². The normalized spacial score (nSPS) is 11.1. The molecule has 0 aliphatic heterocycles. The number of halogens is 4. The highest BCUT2D eigenvalue weighted by Gasteiger charge is 2.15. The first-order valence-corrected chi connectivity index (χ1v) is 12.7. The topological polar surface area (TPSA) is 81.7 Å². The van der Waals surface area contributed by atoms with Gasteiger partial charge in [-0.25, -0.2) is 13.2 Å². The molecular weight excluding hydrogens is 626 g/mol. The molecule has 7 nitrogen and oxygen atoms in total. The number of carbonyl (C=O) groups excluding carboxylic acids is 1. The molecule has 2 N–H and O–H groups in total. The van der Waals surface area contributed by atoms with Gasteiger partial charge in [0.15, 0.2) is 32.7 Å². The van der Waals surface area contributed by atoms with Crippen molar-refractivity contribution in [1.82, 2.24) is 10.3 Å². The highest BCUT2D eigenvalue weighted by molar-refractivity contribution is 5.92. The van der Waals surface area contributed by atoms with Crippen LogP contribution in [-0.4, -0.2) is 38.2 Å². The minimum Gasteiger partial charge on any atom is -0.709 e. The molecule has 3 aromatic carbocycles. The molecule has 0 unspecified atom stereocenters. The summed E-state index contributed by atoms with van der Waals surface area (Å²) in [6.45, 7) is 0.357. The summed E-state index contributed by atoms with van der Waals surface area (Å²) in [5, 5.41) is 6.08. The van der Waals surface area contributed by atoms with Gasteiger partial charge in [-0.1, -0.05) is 24.3 Å². The van der Waals surface area contributed by atoms with Crippen LogP contribution in [0.2, 0.25) is 0 Å². The van der Waals surface area contributed by atoms with Gasteiger partial charge in [0.05, 0.1) is 31.7 Å². The van der Waals surface area contributed by atoms with E-state index in [0.29, 0.717) is 35.4 Å². The highest BCUT2D eigenvalue weighted by Crippen LogP contribution is 2.36. The molecule has 0 aliphatic carbocycles. The third kappa shape index (κ3) is 7.21. The van der Waals surface area contributed by atoms with Gasteiger partial charge in [0.25, 0.3) is 0 Å². The number of amides is 1. The maximum atomic E-state index is 14.8. The fourth-order valence-corrected chi connectivity index (χ4v) is 4.08. The van der Waals surface area contributed by atoms with Gasteiger partial charge in [-0.15, -0.1) is 0 Å². The molecule has 1 radical (unpaired) electrons. The van der Waals surface area contributed by atoms with Crippen LogP contribution in [0.15, 0.2) is 54.6 Å². The van der Waals surface area contributed by atoms with Crippen LogP contribution in [0.25, 0.3) is 10.9 Å². The maximum absolute atomic E-state index is 14.8. The Bertz CT molecular complexity index is 1480. The third-order valence-corrected chi connectivity index (χ3v) is 6.27. The number of alkyl halides is 3. The first kappa shape index (κ1) is 28.3. The second-order valence-electron chi connectivity index (χ2n) is 8.32. The number of carbonyl (C=O) groups is 1. The van der Waals surface area contributed by atoms with Gasteiger partial charge in [-0.05, 0) is 48.4 Å². The van der Waals surface area contributed by atoms with Crippen molar-refractivity contribution in [2.45, 2.75) is 10.4 Å². The van der Waals surface area contributed by atoms with E-state index in [1.54, 1.807) is 24.3 Å². The summed E-state index contributed by atoms with van der Waals surface area (Å²) >= 11 is 1.09. The van der Waals surface area contributed by atoms with Gasteiger partial charge in [0.2, 0.25) is 5.91 Å². The zero-order chi connectivity index (χ0) is 28.0. The van der Waals surface area contributed by atoms with E-state index in [9.17, 15) is 18.0 Å². The Hall–Kier alpha value is -3.76. The van der Waals surface area contributed by atoms with Crippen molar-refractivity contribution >= 4 is 22.5 Å². The molecule has 4 rings (SSSR count). The number of fused-ring (bicyclic) bond motifs is 1. The Kier molecular flexibility index (Phi) is 8.98. The average molecular weight is 649 g/mol. The Labute approximate surface area is 236 Å². The molecule has 0 saturated heterocycles. The molecule has 39 heavy (non-hydrogen) atoms. The zero-order valence-corrected chi connectivity index (χ0v) is 23.1. The van der Waals surface area contributed by atoms with Crippen molar-refractivity contribution in [3.8, 4) is 23.0 Å². The zero-order valence-electron chi connectivity index (χ0n) is 20.9. The van der Waals surface area contributed by atoms with E-state index < -0.39 is 9.75 Å². The van der Waals surface area contributed by atoms with Crippen LogP contribution < -0.4 is 47.4 Å². The molecule has 4 aromatic rings. The van der Waals surface area contributed by atoms with Crippen LogP contribution in [0, 0.1) is 18.1 Å². The summed E-state index contributed by atoms with van der Waals surface area (Å²) in [6.07, 6.45) is 3.06. The number of hydrogen-bond acceptors (Lipinski definition) is 6. The third-order valence-electron chi connectivity index (χ3n) is 5.65. The lowest BCUT2D eigenvalue weighted by Gasteiger charge is -2.22. The van der Waals surface area contributed by atoms with E-state index >= 15 is 0 Å². The van der Waals surface area contributed by atoms with E-state index in [1.165, 1.54) is 38.5 Å². The SMILES string of the molecule is COc1cc2nc#cc(Oc3ccc(NC(=O)CNCCc4cccc(C(F)(F)[I-])c4)cc3F)c2cc1OC. The fraction of sp³-hybridized carbons (Fsp3) is 0.214. The molecule has 0 spiro atoms. The Morgan fingerprint density at radius 2 is 1.82 bits per heavy atom. The van der Waals surface area contributed by atoms with Crippen molar-refractivity contribution < 1.29 is 54.8 Å². The second kappa shape index (κ2) is 12.4. The van der Waals surface area contributed by atoms with Crippen molar-refractivity contribution in [3.63, 3.8) is 0 Å².